The number of carbonyl (C=O) groups excluding carboxylic acids is 2. The molecule has 0 aromatic carbocycles. The lowest BCUT2D eigenvalue weighted by molar-refractivity contribution is 0.0784. The summed E-state index contributed by atoms with van der Waals surface area (Å²) in [5, 5.41) is 8.29. The summed E-state index contributed by atoms with van der Waals surface area (Å²) in [6, 6.07) is 7.38. The number of hydrogen-bond acceptors (Lipinski definition) is 8. The molecule has 11 nitrogen and oxygen atoms in total. The van der Waals surface area contributed by atoms with Crippen LogP contribution in [0, 0.1) is 0 Å². The van der Waals surface area contributed by atoms with Gasteiger partial charge in [0.2, 0.25) is 0 Å². The Balaban J connectivity index is 1.75. The van der Waals surface area contributed by atoms with Crippen molar-refractivity contribution in [2.45, 2.75) is 66.2 Å². The molecule has 202 valence electrons. The molecule has 2 amide bonds. The molecule has 4 rings (SSSR count). The van der Waals surface area contributed by atoms with Crippen molar-refractivity contribution in [2.75, 3.05) is 30.5 Å². The lowest BCUT2D eigenvalue weighted by Gasteiger charge is -2.34. The number of rotatable bonds is 8. The van der Waals surface area contributed by atoms with Crippen LogP contribution in [0.2, 0.25) is 0 Å². The van der Waals surface area contributed by atoms with Gasteiger partial charge in [0.05, 0.1) is 31.5 Å². The van der Waals surface area contributed by atoms with Crippen molar-refractivity contribution in [1.29, 1.82) is 0 Å². The first-order chi connectivity index (χ1) is 18.1. The van der Waals surface area contributed by atoms with Crippen molar-refractivity contribution in [3.05, 3.63) is 47.4 Å². The fourth-order valence-electron chi connectivity index (χ4n) is 4.42. The molecule has 0 atom stereocenters. The van der Waals surface area contributed by atoms with Crippen molar-refractivity contribution in [1.82, 2.24) is 29.6 Å². The summed E-state index contributed by atoms with van der Waals surface area (Å²) in [4.78, 5) is 41.4. The summed E-state index contributed by atoms with van der Waals surface area (Å²) in [5.41, 5.74) is 2.13. The summed E-state index contributed by atoms with van der Waals surface area (Å²) in [6.45, 7) is 11.9. The van der Waals surface area contributed by atoms with Crippen LogP contribution in [0.1, 0.15) is 62.7 Å². The van der Waals surface area contributed by atoms with E-state index in [2.05, 4.69) is 17.1 Å². The van der Waals surface area contributed by atoms with Gasteiger partial charge in [0.25, 0.3) is 5.91 Å². The zero-order chi connectivity index (χ0) is 27.6. The van der Waals surface area contributed by atoms with Crippen LogP contribution in [0.4, 0.5) is 16.4 Å². The SMILES string of the molecule is CCCn1cnnc1-c1cccc(N2Cc3c(cc(N(C)CC)nc3CN(C(=O)OC)C(C)(C)C)C2=O)n1. The van der Waals surface area contributed by atoms with Crippen molar-refractivity contribution in [2.24, 2.45) is 0 Å². The number of aromatic nitrogens is 5. The minimum Gasteiger partial charge on any atom is -0.453 e. The topological polar surface area (TPSA) is 110 Å². The monoisotopic (exact) mass is 520 g/mol. The minimum atomic E-state index is -0.513. The molecule has 0 fully saturated rings. The second-order valence-electron chi connectivity index (χ2n) is 10.3. The fraction of sp³-hybridized carbons (Fsp3) is 0.481. The van der Waals surface area contributed by atoms with E-state index in [0.29, 0.717) is 47.5 Å². The highest BCUT2D eigenvalue weighted by Gasteiger charge is 2.36. The summed E-state index contributed by atoms with van der Waals surface area (Å²) in [6.07, 6.45) is 2.18. The molecule has 3 aromatic rings. The molecule has 4 heterocycles. The average molecular weight is 521 g/mol. The maximum absolute atomic E-state index is 13.8. The lowest BCUT2D eigenvalue weighted by Crippen LogP contribution is -2.45. The Hall–Kier alpha value is -4.02. The van der Waals surface area contributed by atoms with Crippen LogP contribution in [0.3, 0.4) is 0 Å². The highest BCUT2D eigenvalue weighted by Crippen LogP contribution is 2.33. The van der Waals surface area contributed by atoms with E-state index in [1.54, 1.807) is 16.1 Å². The number of amides is 2. The van der Waals surface area contributed by atoms with Crippen LogP contribution in [0.5, 0.6) is 0 Å². The molecule has 0 unspecified atom stereocenters. The van der Waals surface area contributed by atoms with Crippen molar-refractivity contribution in [3.8, 4) is 11.5 Å². The zero-order valence-corrected chi connectivity index (χ0v) is 23.2. The fourth-order valence-corrected chi connectivity index (χ4v) is 4.42. The van der Waals surface area contributed by atoms with E-state index in [0.717, 1.165) is 18.5 Å². The molecule has 11 heteroatoms. The zero-order valence-electron chi connectivity index (χ0n) is 23.2. The van der Waals surface area contributed by atoms with E-state index < -0.39 is 11.6 Å². The number of fused-ring (bicyclic) bond motifs is 1. The van der Waals surface area contributed by atoms with Gasteiger partial charge >= 0.3 is 6.09 Å². The number of aryl methyl sites for hydroxylation is 1. The Morgan fingerprint density at radius 1 is 1.18 bits per heavy atom. The van der Waals surface area contributed by atoms with Gasteiger partial charge in [-0.3, -0.25) is 14.6 Å². The molecule has 38 heavy (non-hydrogen) atoms. The van der Waals surface area contributed by atoms with E-state index >= 15 is 0 Å². The molecule has 0 N–H and O–H groups in total. The Morgan fingerprint density at radius 2 is 1.95 bits per heavy atom. The van der Waals surface area contributed by atoms with Crippen molar-refractivity contribution in [3.63, 3.8) is 0 Å². The standard InChI is InChI=1S/C27H36N8O3/c1-8-13-33-17-28-31-24(33)20-11-10-12-22(29-20)34-15-19-18(25(34)36)14-23(32(6)9-2)30-21(19)16-35(26(37)38-7)27(3,4)5/h10-12,14,17H,8-9,13,15-16H2,1-7H3. The van der Waals surface area contributed by atoms with Gasteiger partial charge in [-0.2, -0.15) is 0 Å². The predicted molar refractivity (Wildman–Crippen MR) is 145 cm³/mol. The maximum Gasteiger partial charge on any atom is 0.410 e. The Morgan fingerprint density at radius 3 is 2.61 bits per heavy atom. The predicted octanol–water partition coefficient (Wildman–Crippen LogP) is 4.13. The van der Waals surface area contributed by atoms with Gasteiger partial charge in [0, 0.05) is 31.2 Å². The molecule has 0 aliphatic carbocycles. The van der Waals surface area contributed by atoms with Crippen LogP contribution in [-0.2, 0) is 24.4 Å². The van der Waals surface area contributed by atoms with Crippen LogP contribution in [-0.4, -0.2) is 67.9 Å². The molecule has 0 radical (unpaired) electrons. The molecule has 1 aliphatic rings. The molecule has 3 aromatic heterocycles. The van der Waals surface area contributed by atoms with Gasteiger partial charge in [0.15, 0.2) is 5.82 Å². The first kappa shape index (κ1) is 27.0. The molecule has 0 saturated carbocycles. The molecule has 0 spiro atoms. The van der Waals surface area contributed by atoms with E-state index in [4.69, 9.17) is 14.7 Å². The Kier molecular flexibility index (Phi) is 7.66. The minimum absolute atomic E-state index is 0.158. The lowest BCUT2D eigenvalue weighted by atomic mass is 10.0. The van der Waals surface area contributed by atoms with Crippen LogP contribution >= 0.6 is 0 Å². The summed E-state index contributed by atoms with van der Waals surface area (Å²) in [7, 11) is 3.29. The average Bonchev–Trinajstić information content (AvgIpc) is 3.50. The first-order valence-electron chi connectivity index (χ1n) is 12.9. The third-order valence-electron chi connectivity index (χ3n) is 6.69. The van der Waals surface area contributed by atoms with Crippen LogP contribution in [0.25, 0.3) is 11.5 Å². The Labute approximate surface area is 223 Å². The van der Waals surface area contributed by atoms with E-state index in [-0.39, 0.29) is 12.5 Å². The van der Waals surface area contributed by atoms with Gasteiger partial charge in [0.1, 0.15) is 23.7 Å². The van der Waals surface area contributed by atoms with E-state index in [9.17, 15) is 9.59 Å². The van der Waals surface area contributed by atoms with Crippen LogP contribution in [0.15, 0.2) is 30.6 Å². The second kappa shape index (κ2) is 10.8. The first-order valence-corrected chi connectivity index (χ1v) is 12.9. The van der Waals surface area contributed by atoms with Crippen LogP contribution < -0.4 is 9.80 Å². The summed E-state index contributed by atoms with van der Waals surface area (Å²) in [5.74, 6) is 1.69. The second-order valence-corrected chi connectivity index (χ2v) is 10.3. The quantitative estimate of drug-likeness (QED) is 0.436. The van der Waals surface area contributed by atoms with Gasteiger partial charge < -0.3 is 14.2 Å². The number of ether oxygens (including phenoxy) is 1. The molecular formula is C27H36N8O3. The normalized spacial score (nSPS) is 13.0. The number of carbonyl (C=O) groups is 2. The van der Waals surface area contributed by atoms with E-state index in [1.807, 2.05) is 68.5 Å². The van der Waals surface area contributed by atoms with Crippen molar-refractivity contribution >= 4 is 23.6 Å². The smallest absolute Gasteiger partial charge is 0.410 e. The number of nitrogens with zero attached hydrogens (tertiary/aromatic N) is 8. The molecule has 0 saturated heterocycles. The van der Waals surface area contributed by atoms with Gasteiger partial charge in [-0.05, 0) is 52.3 Å². The van der Waals surface area contributed by atoms with Gasteiger partial charge in [-0.15, -0.1) is 10.2 Å². The number of methoxy groups -OCH3 is 1. The van der Waals surface area contributed by atoms with Gasteiger partial charge in [-0.25, -0.2) is 14.8 Å². The maximum atomic E-state index is 13.8. The number of pyridine rings is 2. The Bertz CT molecular complexity index is 1330. The summed E-state index contributed by atoms with van der Waals surface area (Å²) < 4.78 is 7.02. The van der Waals surface area contributed by atoms with Gasteiger partial charge in [-0.1, -0.05) is 13.0 Å². The summed E-state index contributed by atoms with van der Waals surface area (Å²) >= 11 is 0. The highest BCUT2D eigenvalue weighted by atomic mass is 16.5. The highest BCUT2D eigenvalue weighted by molar-refractivity contribution is 6.10. The third kappa shape index (κ3) is 5.18. The third-order valence-corrected chi connectivity index (χ3v) is 6.69. The number of hydrogen-bond donors (Lipinski definition) is 0. The molecule has 0 bridgehead atoms. The van der Waals surface area contributed by atoms with E-state index in [1.165, 1.54) is 7.11 Å². The largest absolute Gasteiger partial charge is 0.453 e. The van der Waals surface area contributed by atoms with Crippen molar-refractivity contribution < 1.29 is 14.3 Å². The number of anilines is 2. The molecule has 1 aliphatic heterocycles. The molecular weight excluding hydrogens is 484 g/mol.